The van der Waals surface area contributed by atoms with Crippen molar-refractivity contribution in [2.24, 2.45) is 11.3 Å². The lowest BCUT2D eigenvalue weighted by Crippen LogP contribution is -2.33. The molecule has 1 amide bonds. The van der Waals surface area contributed by atoms with Crippen LogP contribution in [0.2, 0.25) is 5.02 Å². The van der Waals surface area contributed by atoms with Crippen LogP contribution in [-0.2, 0) is 0 Å². The van der Waals surface area contributed by atoms with Gasteiger partial charge >= 0.3 is 0 Å². The van der Waals surface area contributed by atoms with E-state index >= 15 is 0 Å². The lowest BCUT2D eigenvalue weighted by molar-refractivity contribution is 0.0750. The lowest BCUT2D eigenvalue weighted by atomic mass is 9.77. The quantitative estimate of drug-likeness (QED) is 0.783. The van der Waals surface area contributed by atoms with Gasteiger partial charge < -0.3 is 4.90 Å². The SMILES string of the molecule is CC(C)(C)C1CCCN(C(=O)c2cc(Cl)ccn2)CC1. The van der Waals surface area contributed by atoms with Crippen LogP contribution >= 0.6 is 11.6 Å². The van der Waals surface area contributed by atoms with Gasteiger partial charge in [-0.15, -0.1) is 0 Å². The highest BCUT2D eigenvalue weighted by Gasteiger charge is 2.29. The standard InChI is InChI=1S/C16H23ClN2O/c1-16(2,3)12-5-4-9-19(10-7-12)15(20)14-11-13(17)6-8-18-14/h6,8,11-12H,4-5,7,9-10H2,1-3H3. The van der Waals surface area contributed by atoms with Crippen molar-refractivity contribution in [3.8, 4) is 0 Å². The van der Waals surface area contributed by atoms with Crippen molar-refractivity contribution in [1.82, 2.24) is 9.88 Å². The molecule has 1 fully saturated rings. The Balaban J connectivity index is 2.05. The predicted octanol–water partition coefficient (Wildman–Crippen LogP) is 4.02. The van der Waals surface area contributed by atoms with Crippen molar-refractivity contribution in [3.05, 3.63) is 29.0 Å². The van der Waals surface area contributed by atoms with Crippen LogP contribution in [0.3, 0.4) is 0 Å². The summed E-state index contributed by atoms with van der Waals surface area (Å²) in [5, 5.41) is 0.561. The highest BCUT2D eigenvalue weighted by atomic mass is 35.5. The first-order chi connectivity index (χ1) is 9.38. The van der Waals surface area contributed by atoms with Gasteiger partial charge in [0.15, 0.2) is 0 Å². The van der Waals surface area contributed by atoms with Crippen LogP contribution in [0, 0.1) is 11.3 Å². The number of carbonyl (C=O) groups excluding carboxylic acids is 1. The van der Waals surface area contributed by atoms with E-state index in [2.05, 4.69) is 25.8 Å². The molecule has 0 N–H and O–H groups in total. The molecule has 1 unspecified atom stereocenters. The van der Waals surface area contributed by atoms with Gasteiger partial charge in [-0.2, -0.15) is 0 Å². The second-order valence-corrected chi connectivity index (χ2v) is 7.08. The Morgan fingerprint density at radius 1 is 1.35 bits per heavy atom. The van der Waals surface area contributed by atoms with Gasteiger partial charge in [-0.05, 0) is 42.7 Å². The van der Waals surface area contributed by atoms with Crippen LogP contribution in [0.1, 0.15) is 50.5 Å². The van der Waals surface area contributed by atoms with Gasteiger partial charge in [-0.3, -0.25) is 9.78 Å². The zero-order valence-electron chi connectivity index (χ0n) is 12.5. The van der Waals surface area contributed by atoms with E-state index in [1.165, 1.54) is 6.42 Å². The first-order valence-corrected chi connectivity index (χ1v) is 7.66. The van der Waals surface area contributed by atoms with Gasteiger partial charge in [-0.25, -0.2) is 0 Å². The van der Waals surface area contributed by atoms with E-state index in [1.54, 1.807) is 18.3 Å². The molecular weight excluding hydrogens is 272 g/mol. The zero-order valence-corrected chi connectivity index (χ0v) is 13.3. The number of amides is 1. The summed E-state index contributed by atoms with van der Waals surface area (Å²) >= 11 is 5.93. The predicted molar refractivity (Wildman–Crippen MR) is 81.9 cm³/mol. The maximum atomic E-state index is 12.5. The summed E-state index contributed by atoms with van der Waals surface area (Å²) in [5.41, 5.74) is 0.764. The summed E-state index contributed by atoms with van der Waals surface area (Å²) < 4.78 is 0. The third-order valence-corrected chi connectivity index (χ3v) is 4.42. The monoisotopic (exact) mass is 294 g/mol. The van der Waals surface area contributed by atoms with Crippen LogP contribution in [0.15, 0.2) is 18.3 Å². The average molecular weight is 295 g/mol. The highest BCUT2D eigenvalue weighted by Crippen LogP contribution is 2.34. The van der Waals surface area contributed by atoms with E-state index in [-0.39, 0.29) is 5.91 Å². The van der Waals surface area contributed by atoms with Gasteiger partial charge in [0.2, 0.25) is 0 Å². The molecule has 1 aliphatic heterocycles. The topological polar surface area (TPSA) is 33.2 Å². The molecule has 1 aliphatic rings. The Labute approximate surface area is 126 Å². The van der Waals surface area contributed by atoms with Gasteiger partial charge in [0.25, 0.3) is 5.91 Å². The first kappa shape index (κ1) is 15.3. The molecule has 0 spiro atoms. The van der Waals surface area contributed by atoms with E-state index in [9.17, 15) is 4.79 Å². The molecule has 1 saturated heterocycles. The molecule has 3 nitrogen and oxygen atoms in total. The Bertz CT molecular complexity index is 482. The Morgan fingerprint density at radius 3 is 2.75 bits per heavy atom. The maximum Gasteiger partial charge on any atom is 0.272 e. The highest BCUT2D eigenvalue weighted by molar-refractivity contribution is 6.30. The number of rotatable bonds is 1. The summed E-state index contributed by atoms with van der Waals surface area (Å²) in [7, 11) is 0. The van der Waals surface area contributed by atoms with Crippen molar-refractivity contribution >= 4 is 17.5 Å². The normalized spacial score (nSPS) is 20.6. The van der Waals surface area contributed by atoms with Crippen molar-refractivity contribution in [2.45, 2.75) is 40.0 Å². The number of likely N-dealkylation sites (tertiary alicyclic amines) is 1. The maximum absolute atomic E-state index is 12.5. The van der Waals surface area contributed by atoms with E-state index in [0.29, 0.717) is 22.0 Å². The Morgan fingerprint density at radius 2 is 2.10 bits per heavy atom. The number of hydrogen-bond donors (Lipinski definition) is 0. The molecule has 20 heavy (non-hydrogen) atoms. The van der Waals surface area contributed by atoms with Gasteiger partial charge in [0, 0.05) is 24.3 Å². The lowest BCUT2D eigenvalue weighted by Gasteiger charge is -2.29. The van der Waals surface area contributed by atoms with Crippen LogP contribution < -0.4 is 0 Å². The number of halogens is 1. The smallest absolute Gasteiger partial charge is 0.272 e. The van der Waals surface area contributed by atoms with E-state index in [1.807, 2.05) is 4.90 Å². The summed E-state index contributed by atoms with van der Waals surface area (Å²) in [6, 6.07) is 3.34. The summed E-state index contributed by atoms with van der Waals surface area (Å²) in [6.45, 7) is 8.49. The second-order valence-electron chi connectivity index (χ2n) is 6.65. The average Bonchev–Trinajstić information content (AvgIpc) is 2.63. The van der Waals surface area contributed by atoms with E-state index in [0.717, 1.165) is 25.9 Å². The molecular formula is C16H23ClN2O. The molecule has 0 saturated carbocycles. The molecule has 0 aromatic carbocycles. The fourth-order valence-corrected chi connectivity index (χ4v) is 3.01. The van der Waals surface area contributed by atoms with E-state index < -0.39 is 0 Å². The molecule has 1 aromatic rings. The fourth-order valence-electron chi connectivity index (χ4n) is 2.85. The molecule has 0 radical (unpaired) electrons. The Hall–Kier alpha value is -1.09. The number of hydrogen-bond acceptors (Lipinski definition) is 2. The molecule has 1 aromatic heterocycles. The summed E-state index contributed by atoms with van der Waals surface area (Å²) in [5.74, 6) is 0.676. The van der Waals surface area contributed by atoms with Crippen molar-refractivity contribution < 1.29 is 4.79 Å². The van der Waals surface area contributed by atoms with Crippen LogP contribution in [-0.4, -0.2) is 28.9 Å². The van der Waals surface area contributed by atoms with Crippen molar-refractivity contribution in [1.29, 1.82) is 0 Å². The molecule has 0 bridgehead atoms. The molecule has 2 rings (SSSR count). The van der Waals surface area contributed by atoms with Crippen molar-refractivity contribution in [3.63, 3.8) is 0 Å². The number of carbonyl (C=O) groups is 1. The third kappa shape index (κ3) is 3.72. The molecule has 4 heteroatoms. The Kier molecular flexibility index (Phi) is 4.69. The first-order valence-electron chi connectivity index (χ1n) is 7.29. The molecule has 2 heterocycles. The summed E-state index contributed by atoms with van der Waals surface area (Å²) in [4.78, 5) is 18.5. The molecule has 110 valence electrons. The summed E-state index contributed by atoms with van der Waals surface area (Å²) in [6.07, 6.45) is 4.91. The number of nitrogens with zero attached hydrogens (tertiary/aromatic N) is 2. The van der Waals surface area contributed by atoms with Crippen LogP contribution in [0.4, 0.5) is 0 Å². The zero-order chi connectivity index (χ0) is 14.8. The van der Waals surface area contributed by atoms with Crippen LogP contribution in [0.5, 0.6) is 0 Å². The van der Waals surface area contributed by atoms with Crippen molar-refractivity contribution in [2.75, 3.05) is 13.1 Å². The van der Waals surface area contributed by atoms with Crippen LogP contribution in [0.25, 0.3) is 0 Å². The van der Waals surface area contributed by atoms with Gasteiger partial charge in [-0.1, -0.05) is 32.4 Å². The minimum atomic E-state index is 0.00191. The third-order valence-electron chi connectivity index (χ3n) is 4.18. The number of pyridine rings is 1. The fraction of sp³-hybridized carbons (Fsp3) is 0.625. The van der Waals surface area contributed by atoms with Gasteiger partial charge in [0.05, 0.1) is 0 Å². The van der Waals surface area contributed by atoms with Gasteiger partial charge in [0.1, 0.15) is 5.69 Å². The number of aromatic nitrogens is 1. The minimum Gasteiger partial charge on any atom is -0.337 e. The molecule has 1 atom stereocenters. The minimum absolute atomic E-state index is 0.00191. The largest absolute Gasteiger partial charge is 0.337 e. The van der Waals surface area contributed by atoms with E-state index in [4.69, 9.17) is 11.6 Å². The molecule has 0 aliphatic carbocycles. The second kappa shape index (κ2) is 6.13.